The number of anilines is 1. The molecule has 0 aromatic heterocycles. The molecule has 4 aliphatic rings. The minimum Gasteiger partial charge on any atom is -0.395 e. The molecule has 5 atom stereocenters. The van der Waals surface area contributed by atoms with Crippen LogP contribution in [-0.2, 0) is 19.1 Å². The minimum atomic E-state index is -1.30. The third kappa shape index (κ3) is 2.86. The van der Waals surface area contributed by atoms with Crippen LogP contribution >= 0.6 is 11.6 Å². The van der Waals surface area contributed by atoms with Crippen molar-refractivity contribution in [2.75, 3.05) is 38.2 Å². The number of aliphatic hydroxyl groups is 1. The van der Waals surface area contributed by atoms with E-state index < -0.39 is 29.6 Å². The molecule has 0 aliphatic carbocycles. The van der Waals surface area contributed by atoms with E-state index in [1.54, 1.807) is 48.4 Å². The van der Waals surface area contributed by atoms with Crippen molar-refractivity contribution in [2.24, 2.45) is 11.8 Å². The van der Waals surface area contributed by atoms with Crippen LogP contribution < -0.4 is 4.90 Å². The predicted octanol–water partition coefficient (Wildman–Crippen LogP) is 0.844. The summed E-state index contributed by atoms with van der Waals surface area (Å²) < 4.78 is 6.45. The van der Waals surface area contributed by atoms with E-state index in [2.05, 4.69) is 0 Å². The molecule has 4 heterocycles. The average molecular weight is 458 g/mol. The van der Waals surface area contributed by atoms with E-state index in [0.29, 0.717) is 17.3 Å². The molecule has 4 aliphatic heterocycles. The molecule has 2 fully saturated rings. The number of benzene rings is 1. The van der Waals surface area contributed by atoms with E-state index in [1.165, 1.54) is 9.80 Å². The van der Waals surface area contributed by atoms with Gasteiger partial charge in [-0.2, -0.15) is 0 Å². The highest BCUT2D eigenvalue weighted by Gasteiger charge is 2.71. The number of ether oxygens (including phenoxy) is 1. The fourth-order valence-electron chi connectivity index (χ4n) is 5.50. The van der Waals surface area contributed by atoms with Crippen LogP contribution in [0, 0.1) is 11.8 Å². The second-order valence-corrected chi connectivity index (χ2v) is 8.95. The smallest absolute Gasteiger partial charge is 0.253 e. The van der Waals surface area contributed by atoms with Crippen molar-refractivity contribution in [2.45, 2.75) is 17.7 Å². The second-order valence-electron chi connectivity index (χ2n) is 8.55. The van der Waals surface area contributed by atoms with E-state index in [0.717, 1.165) is 0 Å². The maximum Gasteiger partial charge on any atom is 0.253 e. The molecule has 3 amide bonds. The Hall–Kier alpha value is -2.68. The lowest BCUT2D eigenvalue weighted by atomic mass is 9.77. The van der Waals surface area contributed by atoms with Gasteiger partial charge in [0.15, 0.2) is 0 Å². The molecule has 2 saturated heterocycles. The maximum absolute atomic E-state index is 13.9. The number of likely N-dealkylation sites (tertiary alicyclic amines) is 1. The molecule has 9 heteroatoms. The van der Waals surface area contributed by atoms with Gasteiger partial charge in [-0.3, -0.25) is 14.4 Å². The van der Waals surface area contributed by atoms with E-state index in [4.69, 9.17) is 16.3 Å². The largest absolute Gasteiger partial charge is 0.395 e. The summed E-state index contributed by atoms with van der Waals surface area (Å²) in [7, 11) is 1.69. The van der Waals surface area contributed by atoms with Crippen LogP contribution in [-0.4, -0.2) is 83.7 Å². The Labute approximate surface area is 190 Å². The number of hydrogen-bond donors (Lipinski definition) is 1. The highest BCUT2D eigenvalue weighted by Crippen LogP contribution is 2.53. The highest BCUT2D eigenvalue weighted by molar-refractivity contribution is 6.34. The molecule has 0 radical (unpaired) electrons. The zero-order chi connectivity index (χ0) is 22.6. The molecule has 1 spiro atoms. The lowest BCUT2D eigenvalue weighted by Gasteiger charge is -2.35. The second kappa shape index (κ2) is 7.72. The summed E-state index contributed by atoms with van der Waals surface area (Å²) in [4.78, 5) is 45.2. The number of para-hydroxylation sites is 1. The number of β-amino-alcohol motifs (C(OH)–C–C–N with tert-alkyl or cyclic N) is 1. The first-order valence-electron chi connectivity index (χ1n) is 10.6. The molecule has 8 nitrogen and oxygen atoms in total. The molecule has 0 saturated carbocycles. The monoisotopic (exact) mass is 457 g/mol. The maximum atomic E-state index is 13.9. The van der Waals surface area contributed by atoms with Gasteiger partial charge in [-0.05, 0) is 12.1 Å². The summed E-state index contributed by atoms with van der Waals surface area (Å²) in [5.41, 5.74) is -0.768. The summed E-state index contributed by atoms with van der Waals surface area (Å²) >= 11 is 6.38. The third-order valence-corrected chi connectivity index (χ3v) is 7.16. The fraction of sp³-hybridized carbons (Fsp3) is 0.435. The van der Waals surface area contributed by atoms with Crippen molar-refractivity contribution in [1.82, 2.24) is 9.80 Å². The molecular formula is C23H24ClN3O5. The van der Waals surface area contributed by atoms with Crippen LogP contribution in [0.4, 0.5) is 5.69 Å². The van der Waals surface area contributed by atoms with Crippen molar-refractivity contribution < 1.29 is 24.2 Å². The topological polar surface area (TPSA) is 90.4 Å². The van der Waals surface area contributed by atoms with E-state index >= 15 is 0 Å². The van der Waals surface area contributed by atoms with E-state index in [-0.39, 0.29) is 37.4 Å². The normalized spacial score (nSPS) is 33.8. The van der Waals surface area contributed by atoms with Crippen LogP contribution in [0.1, 0.15) is 0 Å². The van der Waals surface area contributed by atoms with Crippen molar-refractivity contribution in [3.63, 3.8) is 0 Å². The minimum absolute atomic E-state index is 0.0295. The molecular weight excluding hydrogens is 434 g/mol. The number of carbonyl (C=O) groups is 3. The van der Waals surface area contributed by atoms with Crippen molar-refractivity contribution in [3.05, 3.63) is 53.6 Å². The van der Waals surface area contributed by atoms with Gasteiger partial charge in [0.1, 0.15) is 11.6 Å². The lowest BCUT2D eigenvalue weighted by Crippen LogP contribution is -2.55. The van der Waals surface area contributed by atoms with Crippen molar-refractivity contribution in [3.8, 4) is 0 Å². The van der Waals surface area contributed by atoms with Gasteiger partial charge in [-0.1, -0.05) is 48.0 Å². The van der Waals surface area contributed by atoms with Crippen molar-refractivity contribution >= 4 is 35.0 Å². The van der Waals surface area contributed by atoms with Gasteiger partial charge < -0.3 is 24.5 Å². The number of likely N-dealkylation sites (N-methyl/N-ethyl adjacent to an activating group) is 1. The summed E-state index contributed by atoms with van der Waals surface area (Å²) in [6.45, 7) is 0.341. The highest BCUT2D eigenvalue weighted by atomic mass is 35.5. The summed E-state index contributed by atoms with van der Waals surface area (Å²) in [6, 6.07) is 6.00. The Balaban J connectivity index is 1.64. The summed E-state index contributed by atoms with van der Waals surface area (Å²) in [5.74, 6) is -2.48. The predicted molar refractivity (Wildman–Crippen MR) is 117 cm³/mol. The average Bonchev–Trinajstić information content (AvgIpc) is 3.09. The molecule has 5 rings (SSSR count). The van der Waals surface area contributed by atoms with E-state index in [1.807, 2.05) is 12.2 Å². The summed E-state index contributed by atoms with van der Waals surface area (Å²) in [6.07, 6.45) is 6.62. The molecule has 1 aromatic rings. The Kier molecular flexibility index (Phi) is 5.11. The lowest BCUT2D eigenvalue weighted by molar-refractivity contribution is -0.144. The fourth-order valence-corrected chi connectivity index (χ4v) is 5.74. The van der Waals surface area contributed by atoms with Crippen LogP contribution in [0.5, 0.6) is 0 Å². The SMILES string of the molecule is CN1CC=C[C@H]2O[C@]34C=CCN(c5ccccc5Cl)C(=O)C3N(CCO)C(=O)[C@@H]4[C@H]2C1=O. The Morgan fingerprint density at radius 2 is 1.91 bits per heavy atom. The zero-order valence-corrected chi connectivity index (χ0v) is 18.3. The van der Waals surface area contributed by atoms with Gasteiger partial charge in [-0.15, -0.1) is 0 Å². The van der Waals surface area contributed by atoms with Crippen LogP contribution in [0.3, 0.4) is 0 Å². The zero-order valence-electron chi connectivity index (χ0n) is 17.6. The number of aliphatic hydroxyl groups excluding tert-OH is 1. The first-order chi connectivity index (χ1) is 15.4. The summed E-state index contributed by atoms with van der Waals surface area (Å²) in [5, 5.41) is 10.1. The van der Waals surface area contributed by atoms with Crippen LogP contribution in [0.25, 0.3) is 0 Å². The van der Waals surface area contributed by atoms with E-state index in [9.17, 15) is 19.5 Å². The number of carbonyl (C=O) groups excluding carboxylic acids is 3. The van der Waals surface area contributed by atoms with Crippen LogP contribution in [0.2, 0.25) is 5.02 Å². The number of nitrogens with zero attached hydrogens (tertiary/aromatic N) is 3. The van der Waals surface area contributed by atoms with Gasteiger partial charge in [0.2, 0.25) is 11.8 Å². The molecule has 1 aromatic carbocycles. The molecule has 1 N–H and O–H groups in total. The van der Waals surface area contributed by atoms with Crippen LogP contribution in [0.15, 0.2) is 48.6 Å². The first kappa shape index (κ1) is 21.2. The van der Waals surface area contributed by atoms with Gasteiger partial charge in [0, 0.05) is 26.7 Å². The first-order valence-corrected chi connectivity index (χ1v) is 11.0. The quantitative estimate of drug-likeness (QED) is 0.679. The van der Waals surface area contributed by atoms with Crippen molar-refractivity contribution in [1.29, 1.82) is 0 Å². The number of hydrogen-bond acceptors (Lipinski definition) is 5. The van der Waals surface area contributed by atoms with Gasteiger partial charge in [0.25, 0.3) is 5.91 Å². The molecule has 32 heavy (non-hydrogen) atoms. The van der Waals surface area contributed by atoms with Gasteiger partial charge in [-0.25, -0.2) is 0 Å². The molecule has 168 valence electrons. The molecule has 0 bridgehead atoms. The number of amides is 3. The number of fused-ring (bicyclic) bond motifs is 2. The number of rotatable bonds is 3. The third-order valence-electron chi connectivity index (χ3n) is 6.84. The Bertz CT molecular complexity index is 1040. The number of halogens is 1. The molecule has 1 unspecified atom stereocenters. The Morgan fingerprint density at radius 3 is 2.66 bits per heavy atom. The standard InChI is InChI=1S/C23H24ClN3O5/c1-25-10-4-8-16-17(20(25)29)18-21(30)27(12-13-28)19-22(31)26(11-5-9-23(18,19)32-16)15-7-3-2-6-14(15)24/h2-9,16-19,28H,10-13H2,1H3/t16-,17+,18+,19?,23+/m1/s1. The van der Waals surface area contributed by atoms with Gasteiger partial charge in [0.05, 0.1) is 35.3 Å². The van der Waals surface area contributed by atoms with Gasteiger partial charge >= 0.3 is 0 Å². The Morgan fingerprint density at radius 1 is 1.12 bits per heavy atom.